The molecule has 7 heteroatoms. The normalized spacial score (nSPS) is 15.7. The second-order valence-corrected chi connectivity index (χ2v) is 5.29. The molecule has 5 nitrogen and oxygen atoms in total. The summed E-state index contributed by atoms with van der Waals surface area (Å²) in [5, 5.41) is 11.8. The fraction of sp³-hybridized carbons (Fsp3) is 0.333. The van der Waals surface area contributed by atoms with E-state index in [9.17, 15) is 9.59 Å². The molecule has 1 saturated carbocycles. The first-order valence-electron chi connectivity index (χ1n) is 5.60. The number of carboxylic acid groups (broad SMARTS) is 1. The van der Waals surface area contributed by atoms with Crippen molar-refractivity contribution in [1.29, 1.82) is 0 Å². The summed E-state index contributed by atoms with van der Waals surface area (Å²) in [5.74, 6) is -0.298. The van der Waals surface area contributed by atoms with Gasteiger partial charge in [0, 0.05) is 12.7 Å². The third-order valence-electron chi connectivity index (χ3n) is 3.10. The Kier molecular flexibility index (Phi) is 3.60. The summed E-state index contributed by atoms with van der Waals surface area (Å²) in [4.78, 5) is 24.4. The molecular formula is C12H12Cl2N2O3. The molecule has 1 aromatic rings. The van der Waals surface area contributed by atoms with E-state index in [4.69, 9.17) is 28.3 Å². The van der Waals surface area contributed by atoms with Crippen molar-refractivity contribution < 1.29 is 14.7 Å². The van der Waals surface area contributed by atoms with Crippen LogP contribution in [0, 0.1) is 0 Å². The van der Waals surface area contributed by atoms with Gasteiger partial charge in [0.1, 0.15) is 5.54 Å². The van der Waals surface area contributed by atoms with Crippen LogP contribution in [0.2, 0.25) is 10.0 Å². The van der Waals surface area contributed by atoms with Crippen molar-refractivity contribution >= 4 is 40.9 Å². The number of hydrogen-bond acceptors (Lipinski definition) is 2. The summed E-state index contributed by atoms with van der Waals surface area (Å²) in [6, 6.07) is 4.81. The lowest BCUT2D eigenvalue weighted by molar-refractivity contribution is -0.121. The monoisotopic (exact) mass is 302 g/mol. The highest BCUT2D eigenvalue weighted by atomic mass is 35.5. The molecule has 0 saturated heterocycles. The highest BCUT2D eigenvalue weighted by Gasteiger charge is 2.52. The van der Waals surface area contributed by atoms with Crippen molar-refractivity contribution in [2.45, 2.75) is 18.4 Å². The van der Waals surface area contributed by atoms with Crippen LogP contribution in [0.3, 0.4) is 0 Å². The predicted octanol–water partition coefficient (Wildman–Crippen LogP) is 2.76. The molecule has 2 N–H and O–H groups in total. The van der Waals surface area contributed by atoms with Gasteiger partial charge in [-0.3, -0.25) is 4.79 Å². The first-order chi connectivity index (χ1) is 8.85. The Morgan fingerprint density at radius 2 is 1.95 bits per heavy atom. The molecule has 0 heterocycles. The van der Waals surface area contributed by atoms with Crippen LogP contribution in [-0.4, -0.2) is 29.7 Å². The van der Waals surface area contributed by atoms with Gasteiger partial charge in [-0.15, -0.1) is 0 Å². The second kappa shape index (κ2) is 4.90. The molecule has 0 radical (unpaired) electrons. The molecule has 0 bridgehead atoms. The Balaban J connectivity index is 2.19. The van der Waals surface area contributed by atoms with Crippen LogP contribution in [0.4, 0.5) is 10.5 Å². The molecule has 1 aliphatic rings. The van der Waals surface area contributed by atoms with Gasteiger partial charge in [-0.05, 0) is 31.0 Å². The van der Waals surface area contributed by atoms with Crippen LogP contribution in [-0.2, 0) is 4.79 Å². The van der Waals surface area contributed by atoms with Gasteiger partial charge in [0.05, 0.1) is 10.0 Å². The number of carbonyl (C=O) groups excluding carboxylic acids is 1. The van der Waals surface area contributed by atoms with Crippen molar-refractivity contribution in [1.82, 2.24) is 5.32 Å². The highest BCUT2D eigenvalue weighted by Crippen LogP contribution is 2.38. The number of nitrogens with one attached hydrogen (secondary N) is 1. The van der Waals surface area contributed by atoms with E-state index in [1.165, 1.54) is 4.90 Å². The SMILES string of the molecule is CN(C(=O)C1(NC(=O)O)CC1)c1ccc(Cl)c(Cl)c1. The maximum Gasteiger partial charge on any atom is 0.405 e. The fourth-order valence-corrected chi connectivity index (χ4v) is 2.15. The fourth-order valence-electron chi connectivity index (χ4n) is 1.85. The van der Waals surface area contributed by atoms with Gasteiger partial charge < -0.3 is 15.3 Å². The molecule has 2 amide bonds. The zero-order chi connectivity index (χ0) is 14.2. The molecule has 0 aliphatic heterocycles. The Morgan fingerprint density at radius 1 is 1.32 bits per heavy atom. The summed E-state index contributed by atoms with van der Waals surface area (Å²) in [7, 11) is 1.57. The van der Waals surface area contributed by atoms with Gasteiger partial charge in [-0.25, -0.2) is 4.79 Å². The molecule has 1 fully saturated rings. The molecule has 19 heavy (non-hydrogen) atoms. The van der Waals surface area contributed by atoms with Crippen LogP contribution in [0.15, 0.2) is 18.2 Å². The van der Waals surface area contributed by atoms with Crippen LogP contribution in [0.5, 0.6) is 0 Å². The zero-order valence-electron chi connectivity index (χ0n) is 10.1. The van der Waals surface area contributed by atoms with E-state index in [0.717, 1.165) is 0 Å². The molecule has 2 rings (SSSR count). The van der Waals surface area contributed by atoms with E-state index in [1.54, 1.807) is 25.2 Å². The van der Waals surface area contributed by atoms with E-state index >= 15 is 0 Å². The first-order valence-corrected chi connectivity index (χ1v) is 6.36. The van der Waals surface area contributed by atoms with Gasteiger partial charge >= 0.3 is 6.09 Å². The van der Waals surface area contributed by atoms with E-state index in [0.29, 0.717) is 28.6 Å². The van der Waals surface area contributed by atoms with Crippen LogP contribution in [0.25, 0.3) is 0 Å². The lowest BCUT2D eigenvalue weighted by Gasteiger charge is -2.23. The lowest BCUT2D eigenvalue weighted by Crippen LogP contribution is -2.49. The van der Waals surface area contributed by atoms with Gasteiger partial charge in [0.15, 0.2) is 0 Å². The summed E-state index contributed by atoms with van der Waals surface area (Å²) in [6.07, 6.45) is -0.193. The minimum Gasteiger partial charge on any atom is -0.465 e. The maximum absolute atomic E-state index is 12.3. The number of likely N-dealkylation sites (N-methyl/N-ethyl adjacent to an activating group) is 1. The number of benzene rings is 1. The number of rotatable bonds is 3. The molecule has 0 unspecified atom stereocenters. The molecular weight excluding hydrogens is 291 g/mol. The molecule has 1 aliphatic carbocycles. The summed E-state index contributed by atoms with van der Waals surface area (Å²) >= 11 is 11.7. The van der Waals surface area contributed by atoms with Crippen LogP contribution in [0.1, 0.15) is 12.8 Å². The minimum atomic E-state index is -1.20. The number of anilines is 1. The van der Waals surface area contributed by atoms with Crippen LogP contribution >= 0.6 is 23.2 Å². The minimum absolute atomic E-state index is 0.298. The smallest absolute Gasteiger partial charge is 0.405 e. The Labute approximate surface area is 120 Å². The predicted molar refractivity (Wildman–Crippen MR) is 73.0 cm³/mol. The largest absolute Gasteiger partial charge is 0.465 e. The van der Waals surface area contributed by atoms with Gasteiger partial charge in [0.25, 0.3) is 5.91 Å². The lowest BCUT2D eigenvalue weighted by atomic mass is 10.2. The highest BCUT2D eigenvalue weighted by molar-refractivity contribution is 6.42. The average Bonchev–Trinajstić information content (AvgIpc) is 3.11. The van der Waals surface area contributed by atoms with Gasteiger partial charge in [-0.2, -0.15) is 0 Å². The Bertz CT molecular complexity index is 544. The standard InChI is InChI=1S/C12H12Cl2N2O3/c1-16(7-2-3-8(13)9(14)6-7)10(17)12(4-5-12)15-11(18)19/h2-3,6,15H,4-5H2,1H3,(H,18,19). The number of hydrogen-bond donors (Lipinski definition) is 2. The first kappa shape index (κ1) is 14.0. The molecule has 102 valence electrons. The molecule has 0 aromatic heterocycles. The van der Waals surface area contributed by atoms with E-state index in [2.05, 4.69) is 5.32 Å². The third-order valence-corrected chi connectivity index (χ3v) is 3.84. The molecule has 0 atom stereocenters. The second-order valence-electron chi connectivity index (χ2n) is 4.47. The quantitative estimate of drug-likeness (QED) is 0.902. The van der Waals surface area contributed by atoms with Crippen molar-refractivity contribution in [2.24, 2.45) is 0 Å². The zero-order valence-corrected chi connectivity index (χ0v) is 11.6. The summed E-state index contributed by atoms with van der Waals surface area (Å²) in [6.45, 7) is 0. The number of halogens is 2. The van der Waals surface area contributed by atoms with E-state index in [1.807, 2.05) is 0 Å². The van der Waals surface area contributed by atoms with Gasteiger partial charge in [0.2, 0.25) is 0 Å². The van der Waals surface area contributed by atoms with E-state index < -0.39 is 11.6 Å². The van der Waals surface area contributed by atoms with E-state index in [-0.39, 0.29) is 5.91 Å². The topological polar surface area (TPSA) is 69.6 Å². The van der Waals surface area contributed by atoms with Crippen molar-refractivity contribution in [3.8, 4) is 0 Å². The van der Waals surface area contributed by atoms with Crippen molar-refractivity contribution in [2.75, 3.05) is 11.9 Å². The Morgan fingerprint density at radius 3 is 2.42 bits per heavy atom. The summed E-state index contributed by atoms with van der Waals surface area (Å²) < 4.78 is 0. The number of nitrogens with zero attached hydrogens (tertiary/aromatic N) is 1. The molecule has 1 aromatic carbocycles. The summed E-state index contributed by atoms with van der Waals surface area (Å²) in [5.41, 5.74) is -0.426. The number of amides is 2. The van der Waals surface area contributed by atoms with Crippen molar-refractivity contribution in [3.63, 3.8) is 0 Å². The number of carbonyl (C=O) groups is 2. The van der Waals surface area contributed by atoms with Gasteiger partial charge in [-0.1, -0.05) is 23.2 Å². The maximum atomic E-state index is 12.3. The van der Waals surface area contributed by atoms with Crippen LogP contribution < -0.4 is 10.2 Å². The Hall–Kier alpha value is -1.46. The average molecular weight is 303 g/mol. The molecule has 0 spiro atoms. The van der Waals surface area contributed by atoms with Crippen molar-refractivity contribution in [3.05, 3.63) is 28.2 Å². The third kappa shape index (κ3) is 2.77.